The fraction of sp³-hybridized carbons (Fsp3) is 0.837. The summed E-state index contributed by atoms with van der Waals surface area (Å²) in [6.07, 6.45) is -0.0830. The number of carbonyl (C=O) groups excluding carboxylic acids is 1. The Morgan fingerprint density at radius 3 is 2.16 bits per heavy atom. The molecule has 0 unspecified atom stereocenters. The molecule has 4 saturated heterocycles. The molecule has 0 radical (unpaired) electrons. The third-order valence-corrected chi connectivity index (χ3v) is 17.4. The summed E-state index contributed by atoms with van der Waals surface area (Å²) in [5, 5.41) is 11.9. The van der Waals surface area contributed by atoms with Gasteiger partial charge in [0.15, 0.2) is 19.9 Å². The number of aliphatic hydroxyl groups excluding tert-OH is 1. The van der Waals surface area contributed by atoms with Gasteiger partial charge in [0.05, 0.1) is 63.9 Å². The lowest BCUT2D eigenvalue weighted by Crippen LogP contribution is -2.61. The van der Waals surface area contributed by atoms with E-state index in [1.54, 1.807) is 14.2 Å². The predicted octanol–water partition coefficient (Wildman–Crippen LogP) is 7.39. The molecule has 0 saturated carbocycles. The summed E-state index contributed by atoms with van der Waals surface area (Å²) >= 11 is 0. The van der Waals surface area contributed by atoms with Gasteiger partial charge in [-0.1, -0.05) is 60.6 Å². The Morgan fingerprint density at radius 1 is 0.964 bits per heavy atom. The lowest BCUT2D eigenvalue weighted by atomic mass is 9.79. The van der Waals surface area contributed by atoms with E-state index in [0.29, 0.717) is 26.2 Å². The second-order valence-electron chi connectivity index (χ2n) is 18.9. The van der Waals surface area contributed by atoms with Crippen molar-refractivity contribution in [1.82, 2.24) is 0 Å². The van der Waals surface area contributed by atoms with Crippen LogP contribution in [0.5, 0.6) is 5.75 Å². The van der Waals surface area contributed by atoms with Gasteiger partial charge in [-0.3, -0.25) is 4.79 Å². The van der Waals surface area contributed by atoms with E-state index in [9.17, 15) is 9.90 Å². The molecule has 4 heterocycles. The minimum absolute atomic E-state index is 0.0625. The number of methoxy groups -OCH3 is 2. The van der Waals surface area contributed by atoms with Crippen molar-refractivity contribution >= 4 is 14.3 Å². The molecule has 56 heavy (non-hydrogen) atoms. The van der Waals surface area contributed by atoms with Crippen LogP contribution in [0.15, 0.2) is 24.3 Å². The summed E-state index contributed by atoms with van der Waals surface area (Å²) < 4.78 is 62.9. The highest BCUT2D eigenvalue weighted by Crippen LogP contribution is 2.49. The lowest BCUT2D eigenvalue weighted by Gasteiger charge is -2.54. The summed E-state index contributed by atoms with van der Waals surface area (Å²) in [4.78, 5) is 13.0. The van der Waals surface area contributed by atoms with Crippen molar-refractivity contribution in [3.63, 3.8) is 0 Å². The highest BCUT2D eigenvalue weighted by atomic mass is 28.4. The molecule has 4 fully saturated rings. The second kappa shape index (κ2) is 18.7. The summed E-state index contributed by atoms with van der Waals surface area (Å²) in [7, 11) is 0.895. The van der Waals surface area contributed by atoms with Gasteiger partial charge in [0.2, 0.25) is 0 Å². The van der Waals surface area contributed by atoms with Crippen LogP contribution in [0.25, 0.3) is 0 Å². The molecule has 0 amide bonds. The first-order chi connectivity index (χ1) is 26.3. The molecule has 1 aromatic rings. The topological polar surface area (TPSA) is 130 Å². The Morgan fingerprint density at radius 2 is 1.57 bits per heavy atom. The standard InChI is InChI=1S/C43H72O12Si/c1-27-19-35(53-43(23-27)24-28(2)20-36(54-43)40(49-26-46-9)42(8)50-17-18-51-42)38(55-56(11,12)41(5,6)7)29(3)21-33(44)39-30(4)34(22-37(45)52-39)48-25-31-13-15-32(47-10)16-14-31/h13-16,27-30,33-36,38-40,44H,17-26H2,1-12H3/t27-,28+,29-,30-,33-,34-,35-,36-,38-,39-,40+,43-/m0/s1. The van der Waals surface area contributed by atoms with Gasteiger partial charge in [0.25, 0.3) is 0 Å². The molecule has 1 spiro atoms. The first-order valence-electron chi connectivity index (χ1n) is 20.8. The summed E-state index contributed by atoms with van der Waals surface area (Å²) in [5.74, 6) is -1.26. The van der Waals surface area contributed by atoms with Crippen LogP contribution in [0.2, 0.25) is 18.1 Å². The zero-order valence-electron chi connectivity index (χ0n) is 36.2. The SMILES string of the molecule is COCO[C@H]([C@@H]1C[C@@H](C)C[C@]2(C[C@@H](C)C[C@@H]([C@@H](O[Si](C)(C)C(C)(C)C)[C@@H](C)C[C@H](O)[C@H]3OC(=O)C[C@H](OCc4ccc(OC)cc4)[C@@H]3C)O2)O1)C1(C)OCCO1. The van der Waals surface area contributed by atoms with Crippen LogP contribution in [-0.4, -0.2) is 108 Å². The van der Waals surface area contributed by atoms with Crippen molar-refractivity contribution in [1.29, 1.82) is 0 Å². The molecule has 12 nitrogen and oxygen atoms in total. The monoisotopic (exact) mass is 808 g/mol. The summed E-state index contributed by atoms with van der Waals surface area (Å²) in [5.41, 5.74) is 0.975. The van der Waals surface area contributed by atoms with E-state index in [4.69, 9.17) is 47.1 Å². The Bertz CT molecular complexity index is 1390. The molecule has 0 aliphatic carbocycles. The minimum Gasteiger partial charge on any atom is -0.497 e. The Labute approximate surface area is 337 Å². The van der Waals surface area contributed by atoms with Gasteiger partial charge < -0.3 is 52.2 Å². The quantitative estimate of drug-likeness (QED) is 0.102. The molecular formula is C43H72O12Si. The predicted molar refractivity (Wildman–Crippen MR) is 213 cm³/mol. The number of aliphatic hydroxyl groups is 1. The molecule has 1 N–H and O–H groups in total. The normalized spacial score (nSPS) is 33.4. The molecule has 4 aliphatic rings. The number of hydrogen-bond acceptors (Lipinski definition) is 12. The zero-order chi connectivity index (χ0) is 41.1. The van der Waals surface area contributed by atoms with Crippen molar-refractivity contribution in [2.24, 2.45) is 23.7 Å². The molecule has 4 aliphatic heterocycles. The van der Waals surface area contributed by atoms with E-state index in [1.807, 2.05) is 38.1 Å². The first-order valence-corrected chi connectivity index (χ1v) is 23.7. The highest BCUT2D eigenvalue weighted by Gasteiger charge is 2.55. The smallest absolute Gasteiger partial charge is 0.308 e. The number of cyclic esters (lactones) is 1. The molecular weight excluding hydrogens is 737 g/mol. The van der Waals surface area contributed by atoms with E-state index in [-0.39, 0.29) is 66.2 Å². The van der Waals surface area contributed by atoms with Crippen LogP contribution >= 0.6 is 0 Å². The van der Waals surface area contributed by atoms with Gasteiger partial charge in [-0.15, -0.1) is 0 Å². The van der Waals surface area contributed by atoms with Gasteiger partial charge in [-0.25, -0.2) is 0 Å². The Kier molecular flexibility index (Phi) is 15.2. The largest absolute Gasteiger partial charge is 0.497 e. The van der Waals surface area contributed by atoms with Gasteiger partial charge in [0, 0.05) is 25.9 Å². The van der Waals surface area contributed by atoms with Crippen LogP contribution in [-0.2, 0) is 53.7 Å². The zero-order valence-corrected chi connectivity index (χ0v) is 37.2. The van der Waals surface area contributed by atoms with E-state index >= 15 is 0 Å². The van der Waals surface area contributed by atoms with Crippen LogP contribution < -0.4 is 4.74 Å². The van der Waals surface area contributed by atoms with Gasteiger partial charge in [-0.05, 0) is 79.8 Å². The maximum Gasteiger partial charge on any atom is 0.308 e. The lowest BCUT2D eigenvalue weighted by molar-refractivity contribution is -0.367. The molecule has 13 heteroatoms. The first kappa shape index (κ1) is 45.4. The van der Waals surface area contributed by atoms with E-state index in [2.05, 4.69) is 54.6 Å². The van der Waals surface area contributed by atoms with E-state index in [1.165, 1.54) is 0 Å². The number of ether oxygens (including phenoxy) is 9. The van der Waals surface area contributed by atoms with Crippen LogP contribution in [0.1, 0.15) is 99.5 Å². The molecule has 0 aromatic heterocycles. The number of rotatable bonds is 16. The van der Waals surface area contributed by atoms with Crippen molar-refractivity contribution in [3.05, 3.63) is 29.8 Å². The third-order valence-electron chi connectivity index (χ3n) is 12.9. The molecule has 0 bridgehead atoms. The van der Waals surface area contributed by atoms with Crippen LogP contribution in [0.3, 0.4) is 0 Å². The van der Waals surface area contributed by atoms with Crippen LogP contribution in [0, 0.1) is 23.7 Å². The van der Waals surface area contributed by atoms with Crippen molar-refractivity contribution in [2.75, 3.05) is 34.2 Å². The summed E-state index contributed by atoms with van der Waals surface area (Å²) in [6.45, 7) is 23.2. The van der Waals surface area contributed by atoms with Crippen molar-refractivity contribution in [2.45, 2.75) is 173 Å². The van der Waals surface area contributed by atoms with Gasteiger partial charge in [0.1, 0.15) is 24.8 Å². The van der Waals surface area contributed by atoms with Crippen molar-refractivity contribution < 1.29 is 57.0 Å². The average molecular weight is 809 g/mol. The summed E-state index contributed by atoms with van der Waals surface area (Å²) in [6, 6.07) is 7.68. The molecule has 1 aromatic carbocycles. The second-order valence-corrected chi connectivity index (χ2v) is 23.6. The van der Waals surface area contributed by atoms with Crippen LogP contribution in [0.4, 0.5) is 0 Å². The third kappa shape index (κ3) is 10.9. The molecule has 5 rings (SSSR count). The number of hydrogen-bond donors (Lipinski definition) is 1. The van der Waals surface area contributed by atoms with Crippen molar-refractivity contribution in [3.8, 4) is 5.75 Å². The number of carbonyl (C=O) groups is 1. The van der Waals surface area contributed by atoms with E-state index in [0.717, 1.165) is 37.0 Å². The van der Waals surface area contributed by atoms with E-state index < -0.39 is 44.3 Å². The highest BCUT2D eigenvalue weighted by molar-refractivity contribution is 6.74. The fourth-order valence-electron chi connectivity index (χ4n) is 8.95. The Balaban J connectivity index is 1.35. The van der Waals surface area contributed by atoms with Gasteiger partial charge >= 0.3 is 5.97 Å². The average Bonchev–Trinajstić information content (AvgIpc) is 3.56. The van der Waals surface area contributed by atoms with Gasteiger partial charge in [-0.2, -0.15) is 0 Å². The Hall–Kier alpha value is -1.65. The minimum atomic E-state index is -2.34. The fourth-order valence-corrected chi connectivity index (χ4v) is 10.4. The number of esters is 1. The maximum absolute atomic E-state index is 13.0. The molecule has 12 atom stereocenters. The number of benzene rings is 1. The maximum atomic E-state index is 13.0. The molecule has 320 valence electrons.